The number of carbonyl (C=O) groups is 1. The summed E-state index contributed by atoms with van der Waals surface area (Å²) >= 11 is 11.3. The highest BCUT2D eigenvalue weighted by atomic mass is 35.5. The predicted octanol–water partition coefficient (Wildman–Crippen LogP) is 1.36. The van der Waals surface area contributed by atoms with Crippen LogP contribution in [0.15, 0.2) is 23.1 Å². The Morgan fingerprint density at radius 2 is 1.94 bits per heavy atom. The highest BCUT2D eigenvalue weighted by molar-refractivity contribution is 7.89. The van der Waals surface area contributed by atoms with Crippen LogP contribution in [0.5, 0.6) is 0 Å². The largest absolute Gasteiger partial charge is 0.480 e. The molecule has 0 aliphatic carbocycles. The first kappa shape index (κ1) is 13.2. The molecule has 0 fully saturated rings. The van der Waals surface area contributed by atoms with Crippen LogP contribution in [0.1, 0.15) is 0 Å². The van der Waals surface area contributed by atoms with Crippen LogP contribution in [0.25, 0.3) is 0 Å². The molecule has 0 bridgehead atoms. The summed E-state index contributed by atoms with van der Waals surface area (Å²) in [5.74, 6) is -1.27. The van der Waals surface area contributed by atoms with E-state index in [0.717, 1.165) is 6.07 Å². The summed E-state index contributed by atoms with van der Waals surface area (Å²) in [6, 6.07) is 3.70. The smallest absolute Gasteiger partial charge is 0.318 e. The van der Waals surface area contributed by atoms with E-state index in [2.05, 4.69) is 0 Å². The van der Waals surface area contributed by atoms with Crippen LogP contribution >= 0.6 is 23.2 Å². The lowest BCUT2D eigenvalue weighted by Gasteiger charge is -2.05. The number of hydrogen-bond acceptors (Lipinski definition) is 3. The van der Waals surface area contributed by atoms with Crippen molar-refractivity contribution in [1.82, 2.24) is 4.72 Å². The van der Waals surface area contributed by atoms with Crippen LogP contribution in [-0.4, -0.2) is 26.0 Å². The Kier molecular flexibility index (Phi) is 4.15. The standard InChI is InChI=1S/C8H7Cl2NO4S/c9-6-2-1-5(3-7(6)10)16(14,15)11-4-8(12)13/h1-3,11H,4H2,(H,12,13). The van der Waals surface area contributed by atoms with Crippen LogP contribution in [0, 0.1) is 0 Å². The molecule has 0 aliphatic heterocycles. The third kappa shape index (κ3) is 3.34. The van der Waals surface area contributed by atoms with Gasteiger partial charge in [-0.15, -0.1) is 0 Å². The van der Waals surface area contributed by atoms with Gasteiger partial charge in [-0.05, 0) is 18.2 Å². The van der Waals surface area contributed by atoms with Gasteiger partial charge in [0, 0.05) is 0 Å². The van der Waals surface area contributed by atoms with E-state index in [1.54, 1.807) is 0 Å². The highest BCUT2D eigenvalue weighted by Gasteiger charge is 2.16. The Morgan fingerprint density at radius 3 is 2.44 bits per heavy atom. The van der Waals surface area contributed by atoms with Crippen LogP contribution in [0.2, 0.25) is 10.0 Å². The summed E-state index contributed by atoms with van der Waals surface area (Å²) in [7, 11) is -3.87. The van der Waals surface area contributed by atoms with E-state index in [-0.39, 0.29) is 14.9 Å². The van der Waals surface area contributed by atoms with Crippen LogP contribution < -0.4 is 4.72 Å². The molecule has 88 valence electrons. The number of rotatable bonds is 4. The lowest BCUT2D eigenvalue weighted by atomic mass is 10.4. The van der Waals surface area contributed by atoms with E-state index < -0.39 is 22.5 Å². The van der Waals surface area contributed by atoms with E-state index in [1.165, 1.54) is 12.1 Å². The maximum Gasteiger partial charge on any atom is 0.318 e. The molecule has 0 saturated heterocycles. The summed E-state index contributed by atoms with van der Waals surface area (Å²) in [5.41, 5.74) is 0. The molecule has 1 rings (SSSR count). The van der Waals surface area contributed by atoms with Gasteiger partial charge in [0.05, 0.1) is 14.9 Å². The maximum atomic E-state index is 11.5. The summed E-state index contributed by atoms with van der Waals surface area (Å²) in [4.78, 5) is 10.1. The Balaban J connectivity index is 2.99. The third-order valence-electron chi connectivity index (χ3n) is 1.61. The zero-order valence-electron chi connectivity index (χ0n) is 7.78. The number of carboxylic acids is 1. The first-order valence-electron chi connectivity index (χ1n) is 3.99. The molecule has 0 heterocycles. The molecule has 2 N–H and O–H groups in total. The summed E-state index contributed by atoms with van der Waals surface area (Å²) < 4.78 is 24.9. The van der Waals surface area contributed by atoms with Gasteiger partial charge in [-0.25, -0.2) is 8.42 Å². The second-order valence-corrected chi connectivity index (χ2v) is 5.38. The van der Waals surface area contributed by atoms with Gasteiger partial charge in [0.15, 0.2) is 0 Å². The number of sulfonamides is 1. The van der Waals surface area contributed by atoms with Crippen molar-refractivity contribution in [3.05, 3.63) is 28.2 Å². The molecule has 0 aliphatic rings. The van der Waals surface area contributed by atoms with E-state index in [1.807, 2.05) is 4.72 Å². The molecule has 16 heavy (non-hydrogen) atoms. The Labute approximate surface area is 102 Å². The first-order valence-corrected chi connectivity index (χ1v) is 6.23. The van der Waals surface area contributed by atoms with Crippen LogP contribution in [-0.2, 0) is 14.8 Å². The summed E-state index contributed by atoms with van der Waals surface area (Å²) in [6.45, 7) is -0.692. The zero-order valence-corrected chi connectivity index (χ0v) is 10.1. The quantitative estimate of drug-likeness (QED) is 0.874. The number of carboxylic acid groups (broad SMARTS) is 1. The normalized spacial score (nSPS) is 11.4. The molecule has 0 atom stereocenters. The molecule has 0 aromatic heterocycles. The molecular weight excluding hydrogens is 277 g/mol. The SMILES string of the molecule is O=C(O)CNS(=O)(=O)c1ccc(Cl)c(Cl)c1. The van der Waals surface area contributed by atoms with Crippen molar-refractivity contribution >= 4 is 39.2 Å². The number of halogens is 2. The highest BCUT2D eigenvalue weighted by Crippen LogP contribution is 2.24. The molecule has 8 heteroatoms. The molecule has 0 saturated carbocycles. The Bertz CT molecular complexity index is 515. The minimum Gasteiger partial charge on any atom is -0.480 e. The average molecular weight is 284 g/mol. The fourth-order valence-electron chi connectivity index (χ4n) is 0.884. The van der Waals surface area contributed by atoms with Crippen molar-refractivity contribution < 1.29 is 18.3 Å². The first-order chi connectivity index (χ1) is 7.33. The predicted molar refractivity (Wildman–Crippen MR) is 59.3 cm³/mol. The molecule has 0 radical (unpaired) electrons. The zero-order chi connectivity index (χ0) is 12.3. The van der Waals surface area contributed by atoms with Crippen molar-refractivity contribution in [2.24, 2.45) is 0 Å². The van der Waals surface area contributed by atoms with Gasteiger partial charge < -0.3 is 5.11 Å². The second-order valence-electron chi connectivity index (χ2n) is 2.79. The molecule has 1 aromatic carbocycles. The fraction of sp³-hybridized carbons (Fsp3) is 0.125. The summed E-state index contributed by atoms with van der Waals surface area (Å²) in [5, 5.41) is 8.65. The minimum atomic E-state index is -3.87. The van der Waals surface area contributed by atoms with E-state index in [9.17, 15) is 13.2 Å². The van der Waals surface area contributed by atoms with Crippen molar-refractivity contribution in [1.29, 1.82) is 0 Å². The van der Waals surface area contributed by atoms with Gasteiger partial charge in [-0.2, -0.15) is 4.72 Å². The number of hydrogen-bond donors (Lipinski definition) is 2. The van der Waals surface area contributed by atoms with E-state index in [0.29, 0.717) is 0 Å². The molecule has 0 amide bonds. The van der Waals surface area contributed by atoms with Crippen molar-refractivity contribution in [3.8, 4) is 0 Å². The van der Waals surface area contributed by atoms with E-state index in [4.69, 9.17) is 28.3 Å². The van der Waals surface area contributed by atoms with Crippen molar-refractivity contribution in [3.63, 3.8) is 0 Å². The van der Waals surface area contributed by atoms with Crippen LogP contribution in [0.4, 0.5) is 0 Å². The van der Waals surface area contributed by atoms with Crippen molar-refractivity contribution in [2.75, 3.05) is 6.54 Å². The number of aliphatic carboxylic acids is 1. The van der Waals surface area contributed by atoms with Gasteiger partial charge in [0.2, 0.25) is 10.0 Å². The minimum absolute atomic E-state index is 0.0832. The molecule has 5 nitrogen and oxygen atoms in total. The lowest BCUT2D eigenvalue weighted by Crippen LogP contribution is -2.29. The monoisotopic (exact) mass is 283 g/mol. The second kappa shape index (κ2) is 5.01. The topological polar surface area (TPSA) is 83.5 Å². The van der Waals surface area contributed by atoms with Gasteiger partial charge in [0.25, 0.3) is 0 Å². The molecule has 1 aromatic rings. The van der Waals surface area contributed by atoms with Gasteiger partial charge in [-0.3, -0.25) is 4.79 Å². The summed E-state index contributed by atoms with van der Waals surface area (Å²) in [6.07, 6.45) is 0. The fourth-order valence-corrected chi connectivity index (χ4v) is 2.25. The van der Waals surface area contributed by atoms with Crippen LogP contribution in [0.3, 0.4) is 0 Å². The Morgan fingerprint density at radius 1 is 1.31 bits per heavy atom. The molecule has 0 unspecified atom stereocenters. The van der Waals surface area contributed by atoms with Crippen molar-refractivity contribution in [2.45, 2.75) is 4.90 Å². The van der Waals surface area contributed by atoms with E-state index >= 15 is 0 Å². The number of benzene rings is 1. The van der Waals surface area contributed by atoms with Gasteiger partial charge in [0.1, 0.15) is 6.54 Å². The average Bonchev–Trinajstić information content (AvgIpc) is 2.19. The molecule has 0 spiro atoms. The Hall–Kier alpha value is -0.820. The lowest BCUT2D eigenvalue weighted by molar-refractivity contribution is -0.135. The molecular formula is C8H7Cl2NO4S. The number of nitrogens with one attached hydrogen (secondary N) is 1. The third-order valence-corrected chi connectivity index (χ3v) is 3.75. The van der Waals surface area contributed by atoms with Gasteiger partial charge >= 0.3 is 5.97 Å². The van der Waals surface area contributed by atoms with Gasteiger partial charge in [-0.1, -0.05) is 23.2 Å². The maximum absolute atomic E-state index is 11.5.